The molecule has 143 valence electrons. The predicted molar refractivity (Wildman–Crippen MR) is 107 cm³/mol. The molecule has 0 unspecified atom stereocenters. The van der Waals surface area contributed by atoms with E-state index in [1.165, 1.54) is 36.3 Å². The van der Waals surface area contributed by atoms with E-state index in [1.54, 1.807) is 0 Å². The van der Waals surface area contributed by atoms with Crippen molar-refractivity contribution in [1.82, 2.24) is 4.98 Å². The molecule has 1 radical (unpaired) electrons. The monoisotopic (exact) mass is 539 g/mol. The first-order valence-corrected chi connectivity index (χ1v) is 8.51. The number of aliphatic hydroxyl groups excluding tert-OH is 1. The summed E-state index contributed by atoms with van der Waals surface area (Å²) in [5.74, 6) is -0.0625. The van der Waals surface area contributed by atoms with Crippen LogP contribution in [0.1, 0.15) is 30.7 Å². The molecule has 0 fully saturated rings. The molecule has 1 heterocycles. The van der Waals surface area contributed by atoms with Crippen molar-refractivity contribution >= 4 is 16.6 Å². The molecule has 1 aromatic heterocycles. The van der Waals surface area contributed by atoms with Crippen LogP contribution in [-0.2, 0) is 24.9 Å². The predicted octanol–water partition coefficient (Wildman–Crippen LogP) is 5.66. The average molecular weight is 539 g/mol. The Labute approximate surface area is 174 Å². The summed E-state index contributed by atoms with van der Waals surface area (Å²) in [6.45, 7) is 9.08. The van der Waals surface area contributed by atoms with Crippen molar-refractivity contribution in [1.29, 1.82) is 0 Å². The molecule has 0 atom stereocenters. The zero-order valence-electron chi connectivity index (χ0n) is 16.3. The fourth-order valence-electron chi connectivity index (χ4n) is 2.85. The molecule has 3 rings (SSSR count). The summed E-state index contributed by atoms with van der Waals surface area (Å²) in [4.78, 5) is 14.7. The number of ketones is 1. The number of fused-ring (bicyclic) bond motifs is 1. The summed E-state index contributed by atoms with van der Waals surface area (Å²) in [7, 11) is 0. The number of benzene rings is 2. The normalized spacial score (nSPS) is 10.6. The Kier molecular flexibility index (Phi) is 8.55. The van der Waals surface area contributed by atoms with Crippen LogP contribution in [0.15, 0.2) is 54.3 Å². The van der Waals surface area contributed by atoms with Gasteiger partial charge >= 0.3 is 0 Å². The number of nitrogens with zero attached hydrogens (tertiary/aromatic N) is 1. The number of aromatic nitrogens is 1. The van der Waals surface area contributed by atoms with E-state index in [9.17, 15) is 4.79 Å². The van der Waals surface area contributed by atoms with Crippen LogP contribution in [0.3, 0.4) is 0 Å². The maximum Gasteiger partial charge on any atom is 0.155 e. The van der Waals surface area contributed by atoms with E-state index in [0.717, 1.165) is 22.5 Å². The molecule has 0 saturated heterocycles. The summed E-state index contributed by atoms with van der Waals surface area (Å²) in [5.41, 5.74) is 5.56. The second kappa shape index (κ2) is 10.1. The van der Waals surface area contributed by atoms with Crippen LogP contribution in [0, 0.1) is 26.8 Å². The zero-order valence-corrected chi connectivity index (χ0v) is 18.6. The van der Waals surface area contributed by atoms with Gasteiger partial charge in [-0.1, -0.05) is 38.1 Å². The fraction of sp³-hybridized carbons (Fsp3) is 0.217. The van der Waals surface area contributed by atoms with Crippen molar-refractivity contribution in [2.75, 3.05) is 0 Å². The summed E-state index contributed by atoms with van der Waals surface area (Å²) < 4.78 is 0. The van der Waals surface area contributed by atoms with Crippen molar-refractivity contribution in [3.8, 4) is 11.3 Å². The number of hydrogen-bond donors (Lipinski definition) is 1. The van der Waals surface area contributed by atoms with Gasteiger partial charge in [-0.3, -0.25) is 4.79 Å². The van der Waals surface area contributed by atoms with Crippen LogP contribution < -0.4 is 0 Å². The van der Waals surface area contributed by atoms with Gasteiger partial charge in [0.2, 0.25) is 0 Å². The molecule has 0 amide bonds. The van der Waals surface area contributed by atoms with Crippen LogP contribution in [-0.4, -0.2) is 15.9 Å². The van der Waals surface area contributed by atoms with Crippen molar-refractivity contribution in [3.05, 3.63) is 77.2 Å². The maximum atomic E-state index is 10.0. The first-order valence-electron chi connectivity index (χ1n) is 8.51. The van der Waals surface area contributed by atoms with E-state index in [4.69, 9.17) is 10.1 Å². The van der Waals surface area contributed by atoms with Gasteiger partial charge in [-0.15, -0.1) is 34.9 Å². The molecule has 0 bridgehead atoms. The van der Waals surface area contributed by atoms with Crippen LogP contribution in [0.25, 0.3) is 22.0 Å². The number of rotatable bonds is 2. The Hall–Kier alpha value is -2.29. The Bertz CT molecular complexity index is 953. The van der Waals surface area contributed by atoms with Gasteiger partial charge in [-0.05, 0) is 43.3 Å². The molecule has 3 aromatic rings. The third-order valence-electron chi connectivity index (χ3n) is 3.68. The number of carbonyl (C=O) groups is 1. The molecule has 3 nitrogen and oxygen atoms in total. The van der Waals surface area contributed by atoms with Gasteiger partial charge < -0.3 is 10.1 Å². The van der Waals surface area contributed by atoms with Gasteiger partial charge in [0.15, 0.2) is 5.78 Å². The smallest absolute Gasteiger partial charge is 0.155 e. The molecule has 27 heavy (non-hydrogen) atoms. The Morgan fingerprint density at radius 2 is 1.74 bits per heavy atom. The Morgan fingerprint density at radius 1 is 1.07 bits per heavy atom. The van der Waals surface area contributed by atoms with Crippen LogP contribution >= 0.6 is 0 Å². The minimum absolute atomic E-state index is 0. The van der Waals surface area contributed by atoms with E-state index in [1.807, 2.05) is 6.92 Å². The second-order valence-electron chi connectivity index (χ2n) is 6.48. The third-order valence-corrected chi connectivity index (χ3v) is 3.68. The largest absolute Gasteiger partial charge is 0.512 e. The van der Waals surface area contributed by atoms with E-state index in [-0.39, 0.29) is 31.6 Å². The summed E-state index contributed by atoms with van der Waals surface area (Å²) >= 11 is 0. The summed E-state index contributed by atoms with van der Waals surface area (Å²) in [6, 6.07) is 18.2. The molecule has 0 aliphatic rings. The van der Waals surface area contributed by atoms with Crippen molar-refractivity contribution in [3.63, 3.8) is 0 Å². The number of carbonyl (C=O) groups excluding carboxylic acids is 1. The van der Waals surface area contributed by atoms with Crippen LogP contribution in [0.2, 0.25) is 0 Å². The first kappa shape index (κ1) is 22.7. The molecule has 4 heteroatoms. The van der Waals surface area contributed by atoms with E-state index >= 15 is 0 Å². The average Bonchev–Trinajstić information content (AvgIpc) is 2.52. The minimum atomic E-state index is -0.125. The van der Waals surface area contributed by atoms with E-state index < -0.39 is 0 Å². The van der Waals surface area contributed by atoms with Gasteiger partial charge in [-0.25, -0.2) is 0 Å². The molecule has 2 aromatic carbocycles. The first-order chi connectivity index (χ1) is 12.3. The molecule has 1 N–H and O–H groups in total. The van der Waals surface area contributed by atoms with Crippen LogP contribution in [0.5, 0.6) is 0 Å². The molecular weight excluding hydrogens is 514 g/mol. The van der Waals surface area contributed by atoms with E-state index in [2.05, 4.69) is 62.4 Å². The van der Waals surface area contributed by atoms with Crippen molar-refractivity contribution < 1.29 is 30.0 Å². The SMILES string of the molecule is CC(=O)C=C(C)O.Cc1[c-]c(-c2nc(C)cc3ccccc23)cc(C)c1.[Ir]. The van der Waals surface area contributed by atoms with Crippen LogP contribution in [0.4, 0.5) is 0 Å². The standard InChI is InChI=1S/C18H16N.C5H8O2.Ir/c1-12-8-13(2)10-16(9-12)18-17-7-5-4-6-15(17)11-14(3)19-18;1-4(6)3-5(2)7;/h4-9,11H,1-3H3;3,6H,1-2H3;/q-1;;. The van der Waals surface area contributed by atoms with Gasteiger partial charge in [0.1, 0.15) is 0 Å². The van der Waals surface area contributed by atoms with Crippen molar-refractivity contribution in [2.24, 2.45) is 0 Å². The summed E-state index contributed by atoms with van der Waals surface area (Å²) in [6.07, 6.45) is 1.17. The zero-order chi connectivity index (χ0) is 19.3. The van der Waals surface area contributed by atoms with Gasteiger partial charge in [0, 0.05) is 31.9 Å². The second-order valence-corrected chi connectivity index (χ2v) is 6.48. The number of hydrogen-bond acceptors (Lipinski definition) is 3. The Morgan fingerprint density at radius 3 is 2.30 bits per heavy atom. The molecule has 0 spiro atoms. The quantitative estimate of drug-likeness (QED) is 0.260. The molecule has 0 aliphatic heterocycles. The van der Waals surface area contributed by atoms with Gasteiger partial charge in [0.25, 0.3) is 0 Å². The topological polar surface area (TPSA) is 50.2 Å². The maximum absolute atomic E-state index is 10.0. The van der Waals surface area contributed by atoms with E-state index in [0.29, 0.717) is 0 Å². The minimum Gasteiger partial charge on any atom is -0.512 e. The fourth-order valence-corrected chi connectivity index (χ4v) is 2.85. The molecular formula is C23H24IrNO2-. The van der Waals surface area contributed by atoms with Gasteiger partial charge in [-0.2, -0.15) is 0 Å². The summed E-state index contributed by atoms with van der Waals surface area (Å²) in [5, 5.41) is 10.8. The van der Waals surface area contributed by atoms with Gasteiger partial charge in [0.05, 0.1) is 5.76 Å². The number of allylic oxidation sites excluding steroid dienone is 2. The number of aryl methyl sites for hydroxylation is 3. The number of pyridine rings is 1. The van der Waals surface area contributed by atoms with Crippen molar-refractivity contribution in [2.45, 2.75) is 34.6 Å². The molecule has 0 aliphatic carbocycles. The molecule has 0 saturated carbocycles. The number of aliphatic hydroxyl groups is 1. The Balaban J connectivity index is 0.000000395. The third kappa shape index (κ3) is 6.74.